The van der Waals surface area contributed by atoms with E-state index in [9.17, 15) is 0 Å². The molecule has 0 saturated carbocycles. The molecule has 14 heavy (non-hydrogen) atoms. The van der Waals surface area contributed by atoms with E-state index in [4.69, 9.17) is 10.6 Å². The third-order valence-corrected chi connectivity index (χ3v) is 2.09. The molecule has 0 aliphatic heterocycles. The number of benzene rings is 1. The Morgan fingerprint density at radius 1 is 1.14 bits per heavy atom. The van der Waals surface area contributed by atoms with E-state index in [2.05, 4.69) is 17.0 Å². The van der Waals surface area contributed by atoms with Gasteiger partial charge < -0.3 is 4.74 Å². The Morgan fingerprint density at radius 3 is 2.36 bits per heavy atom. The molecule has 1 rings (SSSR count). The van der Waals surface area contributed by atoms with E-state index in [1.54, 1.807) is 7.11 Å². The summed E-state index contributed by atoms with van der Waals surface area (Å²) in [4.78, 5) is 4.55. The van der Waals surface area contributed by atoms with Crippen LogP contribution in [0.3, 0.4) is 0 Å². The first kappa shape index (κ1) is 11.2. The van der Waals surface area contributed by atoms with E-state index < -0.39 is 0 Å². The van der Waals surface area contributed by atoms with Crippen LogP contribution < -0.4 is 5.90 Å². The normalized spacial score (nSPS) is 10.4. The van der Waals surface area contributed by atoms with Gasteiger partial charge in [-0.25, -0.2) is 5.90 Å². The van der Waals surface area contributed by atoms with E-state index in [0.29, 0.717) is 6.61 Å². The molecule has 0 aliphatic carbocycles. The van der Waals surface area contributed by atoms with Crippen molar-refractivity contribution in [1.82, 2.24) is 0 Å². The molecule has 1 aromatic carbocycles. The smallest absolute Gasteiger partial charge is 0.0930 e. The molecule has 0 spiro atoms. The summed E-state index contributed by atoms with van der Waals surface area (Å²) >= 11 is 0. The molecule has 0 fully saturated rings. The minimum Gasteiger partial charge on any atom is -0.385 e. The Balaban J connectivity index is 2.38. The summed E-state index contributed by atoms with van der Waals surface area (Å²) in [5.74, 6) is 4.98. The first-order valence-corrected chi connectivity index (χ1v) is 4.75. The van der Waals surface area contributed by atoms with E-state index in [0.717, 1.165) is 25.0 Å². The second-order valence-corrected chi connectivity index (χ2v) is 3.22. The highest BCUT2D eigenvalue weighted by Crippen LogP contribution is 2.07. The van der Waals surface area contributed by atoms with Gasteiger partial charge in [0.1, 0.15) is 0 Å². The largest absolute Gasteiger partial charge is 0.385 e. The third-order valence-electron chi connectivity index (χ3n) is 2.09. The Labute approximate surface area is 84.8 Å². The zero-order chi connectivity index (χ0) is 10.2. The van der Waals surface area contributed by atoms with Crippen molar-refractivity contribution in [2.24, 2.45) is 5.90 Å². The van der Waals surface area contributed by atoms with Crippen LogP contribution in [0.25, 0.3) is 0 Å². The summed E-state index contributed by atoms with van der Waals surface area (Å²) in [7, 11) is 1.72. The lowest BCUT2D eigenvalue weighted by Gasteiger charge is -2.02. The SMILES string of the molecule is COCCCc1ccc(CON)cc1. The van der Waals surface area contributed by atoms with Crippen molar-refractivity contribution in [3.63, 3.8) is 0 Å². The fraction of sp³-hybridized carbons (Fsp3) is 0.455. The van der Waals surface area contributed by atoms with E-state index in [1.807, 2.05) is 12.1 Å². The van der Waals surface area contributed by atoms with Crippen LogP contribution in [0.1, 0.15) is 17.5 Å². The summed E-state index contributed by atoms with van der Waals surface area (Å²) < 4.78 is 4.99. The standard InChI is InChI=1S/C11H17NO2/c1-13-8-2-3-10-4-6-11(7-5-10)9-14-12/h4-7H,2-3,8-9,12H2,1H3. The predicted octanol–water partition coefficient (Wildman–Crippen LogP) is 1.66. The van der Waals surface area contributed by atoms with Crippen LogP contribution in [0.15, 0.2) is 24.3 Å². The molecule has 0 aromatic heterocycles. The molecule has 1 aromatic rings. The highest BCUT2D eigenvalue weighted by atomic mass is 16.6. The van der Waals surface area contributed by atoms with Gasteiger partial charge in [0.2, 0.25) is 0 Å². The molecule has 0 radical (unpaired) electrons. The van der Waals surface area contributed by atoms with Crippen molar-refractivity contribution in [3.8, 4) is 0 Å². The zero-order valence-electron chi connectivity index (χ0n) is 8.53. The molecule has 3 nitrogen and oxygen atoms in total. The molecule has 0 aliphatic rings. The summed E-state index contributed by atoms with van der Waals surface area (Å²) in [6.45, 7) is 1.28. The Morgan fingerprint density at radius 2 is 1.79 bits per heavy atom. The summed E-state index contributed by atoms with van der Waals surface area (Å²) in [5, 5.41) is 0. The third kappa shape index (κ3) is 3.87. The van der Waals surface area contributed by atoms with Gasteiger partial charge in [0, 0.05) is 13.7 Å². The van der Waals surface area contributed by atoms with Crippen LogP contribution in [-0.4, -0.2) is 13.7 Å². The fourth-order valence-electron chi connectivity index (χ4n) is 1.32. The Bertz CT molecular complexity index is 246. The topological polar surface area (TPSA) is 44.5 Å². The van der Waals surface area contributed by atoms with Crippen LogP contribution in [0, 0.1) is 0 Å². The van der Waals surface area contributed by atoms with Crippen molar-refractivity contribution >= 4 is 0 Å². The van der Waals surface area contributed by atoms with Gasteiger partial charge >= 0.3 is 0 Å². The lowest BCUT2D eigenvalue weighted by Crippen LogP contribution is -1.99. The number of methoxy groups -OCH3 is 1. The van der Waals surface area contributed by atoms with Crippen LogP contribution in [0.4, 0.5) is 0 Å². The van der Waals surface area contributed by atoms with Crippen molar-refractivity contribution in [2.45, 2.75) is 19.4 Å². The highest BCUT2D eigenvalue weighted by Gasteiger charge is 1.94. The zero-order valence-corrected chi connectivity index (χ0v) is 8.53. The van der Waals surface area contributed by atoms with E-state index in [1.165, 1.54) is 5.56 Å². The molecular formula is C11H17NO2. The quantitative estimate of drug-likeness (QED) is 0.554. The first-order chi connectivity index (χ1) is 6.86. The fourth-order valence-corrected chi connectivity index (χ4v) is 1.32. The summed E-state index contributed by atoms with van der Waals surface area (Å²) in [6.07, 6.45) is 2.11. The van der Waals surface area contributed by atoms with Gasteiger partial charge in [-0.05, 0) is 24.0 Å². The Kier molecular flexibility index (Phi) is 5.22. The van der Waals surface area contributed by atoms with Crippen LogP contribution >= 0.6 is 0 Å². The van der Waals surface area contributed by atoms with Gasteiger partial charge in [-0.1, -0.05) is 24.3 Å². The monoisotopic (exact) mass is 195 g/mol. The lowest BCUT2D eigenvalue weighted by atomic mass is 10.1. The maximum Gasteiger partial charge on any atom is 0.0930 e. The summed E-state index contributed by atoms with van der Waals surface area (Å²) in [6, 6.07) is 8.28. The molecule has 78 valence electrons. The number of nitrogens with two attached hydrogens (primary N) is 1. The van der Waals surface area contributed by atoms with Crippen molar-refractivity contribution in [1.29, 1.82) is 0 Å². The van der Waals surface area contributed by atoms with Gasteiger partial charge in [0.15, 0.2) is 0 Å². The molecule has 2 N–H and O–H groups in total. The van der Waals surface area contributed by atoms with E-state index >= 15 is 0 Å². The van der Waals surface area contributed by atoms with Gasteiger partial charge in [0.25, 0.3) is 0 Å². The number of aryl methyl sites for hydroxylation is 1. The van der Waals surface area contributed by atoms with Gasteiger partial charge in [-0.3, -0.25) is 4.84 Å². The van der Waals surface area contributed by atoms with Crippen LogP contribution in [0.5, 0.6) is 0 Å². The maximum absolute atomic E-state index is 4.99. The number of hydrogen-bond donors (Lipinski definition) is 1. The van der Waals surface area contributed by atoms with E-state index in [-0.39, 0.29) is 0 Å². The molecule has 0 heterocycles. The first-order valence-electron chi connectivity index (χ1n) is 4.75. The molecule has 3 heteroatoms. The maximum atomic E-state index is 4.99. The molecule has 0 bridgehead atoms. The predicted molar refractivity (Wildman–Crippen MR) is 55.6 cm³/mol. The van der Waals surface area contributed by atoms with Gasteiger partial charge in [-0.15, -0.1) is 0 Å². The average molecular weight is 195 g/mol. The van der Waals surface area contributed by atoms with Crippen molar-refractivity contribution in [2.75, 3.05) is 13.7 Å². The molecule has 0 amide bonds. The number of rotatable bonds is 6. The van der Waals surface area contributed by atoms with Gasteiger partial charge in [0.05, 0.1) is 6.61 Å². The summed E-state index contributed by atoms with van der Waals surface area (Å²) in [5.41, 5.74) is 2.42. The van der Waals surface area contributed by atoms with Crippen molar-refractivity contribution in [3.05, 3.63) is 35.4 Å². The number of ether oxygens (including phenoxy) is 1. The molecule has 0 atom stereocenters. The van der Waals surface area contributed by atoms with Crippen molar-refractivity contribution < 1.29 is 9.57 Å². The van der Waals surface area contributed by atoms with Gasteiger partial charge in [-0.2, -0.15) is 0 Å². The van der Waals surface area contributed by atoms with Crippen LogP contribution in [-0.2, 0) is 22.6 Å². The minimum atomic E-state index is 0.471. The number of hydrogen-bond acceptors (Lipinski definition) is 3. The minimum absolute atomic E-state index is 0.471. The molecule has 0 unspecified atom stereocenters. The molecular weight excluding hydrogens is 178 g/mol. The molecule has 0 saturated heterocycles. The lowest BCUT2D eigenvalue weighted by molar-refractivity contribution is 0.124. The van der Waals surface area contributed by atoms with Crippen LogP contribution in [0.2, 0.25) is 0 Å². The Hall–Kier alpha value is -0.900. The second-order valence-electron chi connectivity index (χ2n) is 3.22. The second kappa shape index (κ2) is 6.54. The average Bonchev–Trinajstić information content (AvgIpc) is 2.21. The highest BCUT2D eigenvalue weighted by molar-refractivity contribution is 5.22.